The minimum atomic E-state index is 0.554. The molecule has 0 atom stereocenters. The maximum absolute atomic E-state index is 4.34. The molecule has 0 bridgehead atoms. The molecule has 0 saturated carbocycles. The predicted molar refractivity (Wildman–Crippen MR) is 60.8 cm³/mol. The molecule has 0 fully saturated rings. The molecule has 0 amide bonds. The van der Waals surface area contributed by atoms with Gasteiger partial charge in [0.2, 0.25) is 0 Å². The number of nitrogens with one attached hydrogen (secondary N) is 2. The first-order chi connectivity index (χ1) is 6.63. The predicted octanol–water partition coefficient (Wildman–Crippen LogP) is 1.77. The summed E-state index contributed by atoms with van der Waals surface area (Å²) in [7, 11) is 0. The number of nitrogens with zero attached hydrogens (tertiary/aromatic N) is 1. The lowest BCUT2D eigenvalue weighted by atomic mass is 10.0. The van der Waals surface area contributed by atoms with Gasteiger partial charge in [-0.2, -0.15) is 0 Å². The first kappa shape index (κ1) is 10.6. The highest BCUT2D eigenvalue weighted by Crippen LogP contribution is 2.14. The number of rotatable bonds is 4. The molecule has 1 aliphatic rings. The Hall–Kier alpha value is -1.51. The maximum Gasteiger partial charge on any atom is 0.126 e. The van der Waals surface area contributed by atoms with Crippen molar-refractivity contribution >= 4 is 5.84 Å². The van der Waals surface area contributed by atoms with Crippen molar-refractivity contribution in [1.29, 1.82) is 0 Å². The fourth-order valence-electron chi connectivity index (χ4n) is 1.18. The quantitative estimate of drug-likeness (QED) is 0.710. The number of hydrogen-bond donors (Lipinski definition) is 2. The van der Waals surface area contributed by atoms with Crippen LogP contribution in [0.5, 0.6) is 0 Å². The molecule has 14 heavy (non-hydrogen) atoms. The van der Waals surface area contributed by atoms with E-state index in [0.29, 0.717) is 11.7 Å². The van der Waals surface area contributed by atoms with Crippen LogP contribution in [-0.4, -0.2) is 12.4 Å². The lowest BCUT2D eigenvalue weighted by molar-refractivity contribution is 0.754. The van der Waals surface area contributed by atoms with Crippen molar-refractivity contribution in [2.24, 2.45) is 10.9 Å². The van der Waals surface area contributed by atoms with E-state index in [1.165, 1.54) is 5.57 Å². The first-order valence-electron chi connectivity index (χ1n) is 4.71. The summed E-state index contributed by atoms with van der Waals surface area (Å²) in [6.07, 6.45) is 3.65. The van der Waals surface area contributed by atoms with Crippen LogP contribution in [0.3, 0.4) is 0 Å². The van der Waals surface area contributed by atoms with Crippen molar-refractivity contribution in [1.82, 2.24) is 10.6 Å². The molecular formula is C11H17N3. The highest BCUT2D eigenvalue weighted by Gasteiger charge is 2.10. The average molecular weight is 191 g/mol. The molecule has 1 heterocycles. The van der Waals surface area contributed by atoms with Gasteiger partial charge >= 0.3 is 0 Å². The summed E-state index contributed by atoms with van der Waals surface area (Å²) >= 11 is 0. The molecule has 0 aromatic heterocycles. The monoisotopic (exact) mass is 191 g/mol. The summed E-state index contributed by atoms with van der Waals surface area (Å²) in [5.41, 5.74) is 1.35. The van der Waals surface area contributed by atoms with E-state index in [0.717, 1.165) is 12.4 Å². The van der Waals surface area contributed by atoms with E-state index in [9.17, 15) is 0 Å². The summed E-state index contributed by atoms with van der Waals surface area (Å²) in [5.74, 6) is 2.12. The van der Waals surface area contributed by atoms with Crippen molar-refractivity contribution in [3.63, 3.8) is 0 Å². The molecule has 0 unspecified atom stereocenters. The lowest BCUT2D eigenvalue weighted by Crippen LogP contribution is -2.26. The largest absolute Gasteiger partial charge is 0.349 e. The van der Waals surface area contributed by atoms with Crippen LogP contribution < -0.4 is 10.6 Å². The molecule has 2 N–H and O–H groups in total. The highest BCUT2D eigenvalue weighted by atomic mass is 15.1. The van der Waals surface area contributed by atoms with Gasteiger partial charge in [0.15, 0.2) is 0 Å². The van der Waals surface area contributed by atoms with E-state index in [1.54, 1.807) is 6.20 Å². The Labute approximate surface area is 85.3 Å². The van der Waals surface area contributed by atoms with E-state index in [1.807, 2.05) is 0 Å². The van der Waals surface area contributed by atoms with Crippen LogP contribution in [0.4, 0.5) is 0 Å². The maximum atomic E-state index is 4.34. The Morgan fingerprint density at radius 3 is 2.86 bits per heavy atom. The van der Waals surface area contributed by atoms with Gasteiger partial charge in [-0.3, -0.25) is 4.99 Å². The standard InChI is InChI=1S/C11H17N3/c1-5-12-9(4)14-11-6-10(7-13-11)8(2)3/h5-6,8,12H,1,4,7H2,2-3H3,(H,13,14). The zero-order valence-electron chi connectivity index (χ0n) is 8.80. The molecule has 0 aromatic carbocycles. The summed E-state index contributed by atoms with van der Waals surface area (Å²) in [4.78, 5) is 4.34. The van der Waals surface area contributed by atoms with E-state index >= 15 is 0 Å². The lowest BCUT2D eigenvalue weighted by Gasteiger charge is -2.06. The van der Waals surface area contributed by atoms with Crippen LogP contribution in [0.15, 0.2) is 41.8 Å². The van der Waals surface area contributed by atoms with Crippen molar-refractivity contribution in [2.45, 2.75) is 13.8 Å². The zero-order valence-corrected chi connectivity index (χ0v) is 8.80. The Bertz CT molecular complexity index is 298. The van der Waals surface area contributed by atoms with Crippen molar-refractivity contribution in [3.8, 4) is 0 Å². The smallest absolute Gasteiger partial charge is 0.126 e. The second kappa shape index (κ2) is 4.65. The molecular weight excluding hydrogens is 174 g/mol. The van der Waals surface area contributed by atoms with Gasteiger partial charge in [0.1, 0.15) is 11.7 Å². The van der Waals surface area contributed by atoms with Gasteiger partial charge in [0, 0.05) is 0 Å². The molecule has 0 aliphatic carbocycles. The van der Waals surface area contributed by atoms with Gasteiger partial charge in [-0.1, -0.05) is 27.0 Å². The first-order valence-corrected chi connectivity index (χ1v) is 4.71. The van der Waals surface area contributed by atoms with Crippen LogP contribution in [-0.2, 0) is 0 Å². The molecule has 1 aliphatic heterocycles. The van der Waals surface area contributed by atoms with Gasteiger partial charge in [-0.15, -0.1) is 0 Å². The SMILES string of the molecule is C=CNC(=C)NC1=NCC(C(C)C)=C1. The summed E-state index contributed by atoms with van der Waals surface area (Å²) in [6.45, 7) is 12.5. The second-order valence-electron chi connectivity index (χ2n) is 3.53. The molecule has 76 valence electrons. The Morgan fingerprint density at radius 2 is 2.36 bits per heavy atom. The van der Waals surface area contributed by atoms with Crippen molar-refractivity contribution < 1.29 is 0 Å². The van der Waals surface area contributed by atoms with Gasteiger partial charge in [0.05, 0.1) is 6.54 Å². The minimum Gasteiger partial charge on any atom is -0.349 e. The molecule has 0 radical (unpaired) electrons. The summed E-state index contributed by atoms with van der Waals surface area (Å²) < 4.78 is 0. The van der Waals surface area contributed by atoms with Crippen LogP contribution in [0.2, 0.25) is 0 Å². The molecule has 0 aromatic rings. The number of amidine groups is 1. The Morgan fingerprint density at radius 1 is 1.64 bits per heavy atom. The number of hydrogen-bond acceptors (Lipinski definition) is 3. The van der Waals surface area contributed by atoms with Gasteiger partial charge in [0.25, 0.3) is 0 Å². The fourth-order valence-corrected chi connectivity index (χ4v) is 1.18. The van der Waals surface area contributed by atoms with Gasteiger partial charge in [-0.25, -0.2) is 0 Å². The van der Waals surface area contributed by atoms with Crippen molar-refractivity contribution in [3.05, 3.63) is 36.8 Å². The molecule has 0 saturated heterocycles. The third-order valence-corrected chi connectivity index (χ3v) is 2.05. The average Bonchev–Trinajstić information content (AvgIpc) is 2.53. The van der Waals surface area contributed by atoms with Crippen LogP contribution in [0, 0.1) is 5.92 Å². The minimum absolute atomic E-state index is 0.554. The van der Waals surface area contributed by atoms with Gasteiger partial charge in [-0.05, 0) is 23.8 Å². The number of aliphatic imine (C=N–C) groups is 1. The third-order valence-electron chi connectivity index (χ3n) is 2.05. The third kappa shape index (κ3) is 2.76. The van der Waals surface area contributed by atoms with Gasteiger partial charge < -0.3 is 10.6 Å². The van der Waals surface area contributed by atoms with E-state index < -0.39 is 0 Å². The second-order valence-corrected chi connectivity index (χ2v) is 3.53. The topological polar surface area (TPSA) is 36.4 Å². The fraction of sp³-hybridized carbons (Fsp3) is 0.364. The van der Waals surface area contributed by atoms with Crippen LogP contribution in [0.25, 0.3) is 0 Å². The molecule has 1 rings (SSSR count). The van der Waals surface area contributed by atoms with Crippen LogP contribution in [0.1, 0.15) is 13.8 Å². The zero-order chi connectivity index (χ0) is 10.6. The highest BCUT2D eigenvalue weighted by molar-refractivity contribution is 5.96. The van der Waals surface area contributed by atoms with E-state index in [2.05, 4.69) is 48.7 Å². The molecule has 0 spiro atoms. The van der Waals surface area contributed by atoms with E-state index in [4.69, 9.17) is 0 Å². The Balaban J connectivity index is 2.48. The summed E-state index contributed by atoms with van der Waals surface area (Å²) in [6, 6.07) is 0. The van der Waals surface area contributed by atoms with E-state index in [-0.39, 0.29) is 0 Å². The Kier molecular flexibility index (Phi) is 3.51. The summed E-state index contributed by atoms with van der Waals surface area (Å²) in [5, 5.41) is 5.93. The normalized spacial score (nSPS) is 14.8. The molecule has 3 nitrogen and oxygen atoms in total. The van der Waals surface area contributed by atoms with Crippen molar-refractivity contribution in [2.75, 3.05) is 6.54 Å². The van der Waals surface area contributed by atoms with Crippen LogP contribution >= 0.6 is 0 Å². The molecule has 3 heteroatoms.